The molecule has 197 valence electrons. The number of allylic oxidation sites excluding steroid dienone is 4. The van der Waals surface area contributed by atoms with E-state index in [9.17, 15) is 0 Å². The zero-order valence-corrected chi connectivity index (χ0v) is 30.8. The molecule has 0 aromatic heterocycles. The summed E-state index contributed by atoms with van der Waals surface area (Å²) in [6, 6.07) is 5.10. The van der Waals surface area contributed by atoms with Crippen LogP contribution in [0, 0.1) is 13.8 Å². The minimum Gasteiger partial charge on any atom is -1.00 e. The van der Waals surface area contributed by atoms with Crippen molar-refractivity contribution in [3.63, 3.8) is 0 Å². The van der Waals surface area contributed by atoms with Gasteiger partial charge >= 0.3 is 26.2 Å². The SMILES string of the molecule is Cc1cc2[cH-]c3c4c(C)c(C(C)(C)C)c(c3c2c(C2=CC=CC2)c1C(C)(C)C)[Si](C)(C)[Si]4(C)C.[Cl-].[Cl-].[Zr+3]. The van der Waals surface area contributed by atoms with E-state index in [2.05, 4.69) is 112 Å². The monoisotopic (exact) mass is 643 g/mol. The van der Waals surface area contributed by atoms with E-state index in [1.54, 1.807) is 48.8 Å². The Morgan fingerprint density at radius 3 is 1.81 bits per heavy atom. The van der Waals surface area contributed by atoms with Gasteiger partial charge in [-0.15, -0.1) is 38.9 Å². The van der Waals surface area contributed by atoms with Gasteiger partial charge in [-0.25, -0.2) is 0 Å². The third-order valence-corrected chi connectivity index (χ3v) is 26.9. The van der Waals surface area contributed by atoms with Crippen molar-refractivity contribution in [2.24, 2.45) is 0 Å². The minimum atomic E-state index is -1.66. The van der Waals surface area contributed by atoms with Gasteiger partial charge in [0.1, 0.15) is 0 Å². The summed E-state index contributed by atoms with van der Waals surface area (Å²) >= 11 is 0. The third-order valence-electron chi connectivity index (χ3n) is 9.30. The molecule has 0 unspecified atom stereocenters. The molecule has 2 aliphatic heterocycles. The average molecular weight is 646 g/mol. The van der Waals surface area contributed by atoms with E-state index < -0.39 is 15.2 Å². The number of aryl methyl sites for hydroxylation is 1. The van der Waals surface area contributed by atoms with Crippen LogP contribution in [0.5, 0.6) is 0 Å². The van der Waals surface area contributed by atoms with Crippen molar-refractivity contribution in [1.29, 1.82) is 0 Å². The van der Waals surface area contributed by atoms with Gasteiger partial charge in [-0.1, -0.05) is 113 Å². The van der Waals surface area contributed by atoms with Crippen LogP contribution in [-0.4, -0.2) is 15.2 Å². The second-order valence-corrected chi connectivity index (χ2v) is 29.2. The summed E-state index contributed by atoms with van der Waals surface area (Å²) in [5, 5.41) is 9.83. The van der Waals surface area contributed by atoms with Crippen molar-refractivity contribution >= 4 is 52.7 Å². The molecule has 0 saturated heterocycles. The topological polar surface area (TPSA) is 0 Å². The first-order chi connectivity index (χ1) is 15.5. The second kappa shape index (κ2) is 9.95. The standard InChI is InChI=1S/C32H43Si2.2ClH.Zr/c1-19-17-22-18-23-26(24(22)25(21-15-13-14-16-21)27(19)31(3,4)5)30-28(32(6,7)8)20(2)29(23)33(9,10)34(30,11)12;;;/h13-15,17-18H,16H2,1-12H3;2*1H;/q-1;;;+3/p-2. The molecule has 2 bridgehead atoms. The predicted octanol–water partition coefficient (Wildman–Crippen LogP) is 2.20. The van der Waals surface area contributed by atoms with Gasteiger partial charge in [0, 0.05) is 7.59 Å². The van der Waals surface area contributed by atoms with E-state index in [4.69, 9.17) is 0 Å². The second-order valence-electron chi connectivity index (χ2n) is 14.2. The van der Waals surface area contributed by atoms with Crippen LogP contribution in [0.1, 0.15) is 75.8 Å². The Bertz CT molecular complexity index is 1450. The van der Waals surface area contributed by atoms with Crippen molar-refractivity contribution in [1.82, 2.24) is 0 Å². The fraction of sp³-hybridized carbons (Fsp3) is 0.469. The molecule has 0 amide bonds. The predicted molar refractivity (Wildman–Crippen MR) is 160 cm³/mol. The summed E-state index contributed by atoms with van der Waals surface area (Å²) in [6.07, 6.45) is 8.03. The molecule has 6 rings (SSSR count). The molecule has 3 aromatic rings. The number of rotatable bonds is 1. The molecule has 0 N–H and O–H groups in total. The van der Waals surface area contributed by atoms with Crippen LogP contribution >= 0.6 is 0 Å². The Morgan fingerprint density at radius 1 is 0.784 bits per heavy atom. The fourth-order valence-electron chi connectivity index (χ4n) is 7.60. The Morgan fingerprint density at radius 2 is 1.32 bits per heavy atom. The smallest absolute Gasteiger partial charge is 1.00 e. The van der Waals surface area contributed by atoms with Crippen molar-refractivity contribution in [2.45, 2.75) is 98.8 Å². The van der Waals surface area contributed by atoms with Gasteiger partial charge in [-0.3, -0.25) is 0 Å². The van der Waals surface area contributed by atoms with Crippen LogP contribution in [-0.2, 0) is 37.0 Å². The van der Waals surface area contributed by atoms with Crippen molar-refractivity contribution in [3.05, 3.63) is 58.2 Å². The average Bonchev–Trinajstić information content (AvgIpc) is 3.30. The first-order valence-corrected chi connectivity index (χ1v) is 20.1. The minimum absolute atomic E-state index is 0. The summed E-state index contributed by atoms with van der Waals surface area (Å²) in [7, 11) is -3.23. The molecule has 0 fully saturated rings. The number of benzene rings is 2. The van der Waals surface area contributed by atoms with E-state index in [-0.39, 0.29) is 61.8 Å². The summed E-state index contributed by atoms with van der Waals surface area (Å²) in [6.45, 7) is 30.1. The maximum absolute atomic E-state index is 2.70. The van der Waals surface area contributed by atoms with Gasteiger partial charge in [0.05, 0.1) is 7.59 Å². The first kappa shape index (κ1) is 32.9. The van der Waals surface area contributed by atoms with Gasteiger partial charge in [-0.05, 0) is 42.2 Å². The van der Waals surface area contributed by atoms with E-state index in [0.717, 1.165) is 6.42 Å². The van der Waals surface area contributed by atoms with Gasteiger partial charge in [0.2, 0.25) is 0 Å². The normalized spacial score (nSPS) is 17.5. The quantitative estimate of drug-likeness (QED) is 0.282. The summed E-state index contributed by atoms with van der Waals surface area (Å²) in [5.74, 6) is 0. The van der Waals surface area contributed by atoms with Gasteiger partial charge in [0.25, 0.3) is 0 Å². The van der Waals surface area contributed by atoms with E-state index >= 15 is 0 Å². The molecule has 3 aliphatic rings. The summed E-state index contributed by atoms with van der Waals surface area (Å²) < 4.78 is 0. The first-order valence-electron chi connectivity index (χ1n) is 13.1. The number of hydrogen-bond donors (Lipinski definition) is 0. The molecule has 0 saturated carbocycles. The Labute approximate surface area is 258 Å². The summed E-state index contributed by atoms with van der Waals surface area (Å²) in [5.41, 5.74) is 9.60. The zero-order chi connectivity index (χ0) is 25.2. The van der Waals surface area contributed by atoms with Gasteiger partial charge in [-0.2, -0.15) is 0 Å². The number of hydrogen-bond acceptors (Lipinski definition) is 0. The van der Waals surface area contributed by atoms with E-state index in [0.29, 0.717) is 0 Å². The van der Waals surface area contributed by atoms with Crippen LogP contribution in [0.3, 0.4) is 0 Å². The van der Waals surface area contributed by atoms with Crippen molar-refractivity contribution < 1.29 is 51.0 Å². The Kier molecular flexibility index (Phi) is 8.85. The summed E-state index contributed by atoms with van der Waals surface area (Å²) in [4.78, 5) is 0. The van der Waals surface area contributed by atoms with Crippen molar-refractivity contribution in [2.75, 3.05) is 0 Å². The molecule has 3 aromatic carbocycles. The Hall–Kier alpha value is -0.313. The van der Waals surface area contributed by atoms with Crippen LogP contribution in [0.15, 0.2) is 30.4 Å². The van der Waals surface area contributed by atoms with Crippen LogP contribution in [0.2, 0.25) is 26.2 Å². The number of halogens is 2. The van der Waals surface area contributed by atoms with Crippen LogP contribution < -0.4 is 35.2 Å². The molecular formula is C32H43Cl2Si2Zr. The van der Waals surface area contributed by atoms with Crippen molar-refractivity contribution in [3.8, 4) is 0 Å². The van der Waals surface area contributed by atoms with Gasteiger partial charge < -0.3 is 24.8 Å². The molecule has 0 atom stereocenters. The molecule has 0 nitrogen and oxygen atoms in total. The van der Waals surface area contributed by atoms with E-state index in [1.165, 1.54) is 16.5 Å². The maximum Gasteiger partial charge on any atom is 3.00 e. The maximum atomic E-state index is 2.70. The van der Waals surface area contributed by atoms with Crippen LogP contribution in [0.4, 0.5) is 0 Å². The molecule has 5 heteroatoms. The zero-order valence-electron chi connectivity index (χ0n) is 24.8. The molecule has 1 aliphatic carbocycles. The molecule has 37 heavy (non-hydrogen) atoms. The Balaban J connectivity index is 0.00000160. The third kappa shape index (κ3) is 4.42. The molecule has 1 radical (unpaired) electrons. The van der Waals surface area contributed by atoms with Crippen LogP contribution in [0.25, 0.3) is 27.1 Å². The van der Waals surface area contributed by atoms with Gasteiger partial charge in [0.15, 0.2) is 0 Å². The molecular weight excluding hydrogens is 603 g/mol. The largest absolute Gasteiger partial charge is 3.00 e. The molecule has 0 spiro atoms. The van der Waals surface area contributed by atoms with E-state index in [1.807, 2.05) is 0 Å². The fourth-order valence-corrected chi connectivity index (χ4v) is 18.3. The molecule has 2 heterocycles. The number of fused-ring (bicyclic) bond motifs is 3.